The highest BCUT2D eigenvalue weighted by Gasteiger charge is 2.23. The van der Waals surface area contributed by atoms with Gasteiger partial charge in [0.15, 0.2) is 5.96 Å². The van der Waals surface area contributed by atoms with Crippen LogP contribution in [0, 0.1) is 11.7 Å². The molecule has 3 rings (SSSR count). The summed E-state index contributed by atoms with van der Waals surface area (Å²) in [5, 5.41) is 3.47. The maximum atomic E-state index is 14.0. The number of halogens is 2. The van der Waals surface area contributed by atoms with Crippen LogP contribution in [0.2, 0.25) is 0 Å². The maximum absolute atomic E-state index is 14.0. The second-order valence-electron chi connectivity index (χ2n) is 8.23. The molecule has 31 heavy (non-hydrogen) atoms. The van der Waals surface area contributed by atoms with E-state index in [2.05, 4.69) is 25.0 Å². The number of carbonyl (C=O) groups is 1. The molecule has 174 valence electrons. The fourth-order valence-corrected chi connectivity index (χ4v) is 4.46. The quantitative estimate of drug-likeness (QED) is 0.237. The number of para-hydroxylation sites is 1. The predicted octanol–water partition coefficient (Wildman–Crippen LogP) is 2.12. The zero-order valence-corrected chi connectivity index (χ0v) is 20.8. The smallest absolute Gasteiger partial charge is 0.217 e. The number of anilines is 1. The van der Waals surface area contributed by atoms with Gasteiger partial charge >= 0.3 is 0 Å². The van der Waals surface area contributed by atoms with Gasteiger partial charge in [-0.15, -0.1) is 24.0 Å². The number of guanidine groups is 1. The second kappa shape index (κ2) is 13.0. The number of piperazine rings is 1. The molecular formula is C22H36FIN6O. The Labute approximate surface area is 202 Å². The van der Waals surface area contributed by atoms with Gasteiger partial charge in [-0.05, 0) is 43.9 Å². The highest BCUT2D eigenvalue weighted by atomic mass is 127. The van der Waals surface area contributed by atoms with E-state index in [1.807, 2.05) is 19.2 Å². The van der Waals surface area contributed by atoms with E-state index in [0.717, 1.165) is 77.6 Å². The molecule has 0 bridgehead atoms. The number of nitrogens with zero attached hydrogens (tertiary/aromatic N) is 4. The van der Waals surface area contributed by atoms with Gasteiger partial charge in [0.05, 0.1) is 5.69 Å². The normalized spacial score (nSPS) is 20.3. The molecule has 0 spiro atoms. The van der Waals surface area contributed by atoms with Crippen LogP contribution in [0.15, 0.2) is 29.3 Å². The maximum Gasteiger partial charge on any atom is 0.217 e. The molecule has 0 aromatic heterocycles. The van der Waals surface area contributed by atoms with Gasteiger partial charge in [0.1, 0.15) is 5.82 Å². The second-order valence-corrected chi connectivity index (χ2v) is 8.23. The number of nitrogens with one attached hydrogen (secondary N) is 1. The molecule has 3 N–H and O–H groups in total. The number of likely N-dealkylation sites (tertiary alicyclic amines) is 1. The van der Waals surface area contributed by atoms with Crippen molar-refractivity contribution < 1.29 is 9.18 Å². The molecule has 2 fully saturated rings. The number of rotatable bonds is 7. The fraction of sp³-hybridized carbons (Fsp3) is 0.636. The first-order valence-electron chi connectivity index (χ1n) is 11.0. The molecule has 1 unspecified atom stereocenters. The molecule has 2 heterocycles. The van der Waals surface area contributed by atoms with Crippen molar-refractivity contribution in [1.82, 2.24) is 15.1 Å². The predicted molar refractivity (Wildman–Crippen MR) is 135 cm³/mol. The number of aliphatic imine (C=N–C) groups is 1. The van der Waals surface area contributed by atoms with E-state index in [4.69, 9.17) is 5.73 Å². The van der Waals surface area contributed by atoms with Crippen LogP contribution in [0.4, 0.5) is 10.1 Å². The van der Waals surface area contributed by atoms with Crippen LogP contribution in [-0.4, -0.2) is 81.1 Å². The molecule has 0 saturated carbocycles. The molecule has 0 radical (unpaired) electrons. The molecule has 0 aliphatic carbocycles. The minimum absolute atomic E-state index is 0. The van der Waals surface area contributed by atoms with Crippen molar-refractivity contribution in [2.24, 2.45) is 16.6 Å². The van der Waals surface area contributed by atoms with E-state index in [-0.39, 0.29) is 35.7 Å². The Kier molecular flexibility index (Phi) is 10.8. The van der Waals surface area contributed by atoms with Gasteiger partial charge in [-0.1, -0.05) is 12.1 Å². The summed E-state index contributed by atoms with van der Waals surface area (Å²) in [7, 11) is 1.81. The van der Waals surface area contributed by atoms with E-state index in [0.29, 0.717) is 18.0 Å². The van der Waals surface area contributed by atoms with Crippen LogP contribution >= 0.6 is 24.0 Å². The lowest BCUT2D eigenvalue weighted by atomic mass is 9.95. The molecule has 1 amide bonds. The third-order valence-electron chi connectivity index (χ3n) is 6.02. The summed E-state index contributed by atoms with van der Waals surface area (Å²) >= 11 is 0. The van der Waals surface area contributed by atoms with Crippen LogP contribution < -0.4 is 16.0 Å². The van der Waals surface area contributed by atoms with Gasteiger partial charge in [-0.3, -0.25) is 14.7 Å². The van der Waals surface area contributed by atoms with E-state index in [9.17, 15) is 9.18 Å². The van der Waals surface area contributed by atoms with Crippen molar-refractivity contribution in [3.63, 3.8) is 0 Å². The standard InChI is InChI=1S/C22H35FN6O.HI/c1-25-22(29-11-4-6-18(17-29)16-21(24)30)26-9-5-10-27-12-14-28(15-13-27)20-8-3-2-7-19(20)23;/h2-3,7-8,18H,4-6,9-17H2,1H3,(H2,24,30)(H,25,26);1H. The lowest BCUT2D eigenvalue weighted by Gasteiger charge is -2.36. The lowest BCUT2D eigenvalue weighted by Crippen LogP contribution is -2.49. The number of piperidine rings is 1. The van der Waals surface area contributed by atoms with Gasteiger partial charge in [0.2, 0.25) is 5.91 Å². The SMILES string of the molecule is CN=C(NCCCN1CCN(c2ccccc2F)CC1)N1CCCC(CC(N)=O)C1.I. The topological polar surface area (TPSA) is 77.2 Å². The first-order chi connectivity index (χ1) is 14.6. The van der Waals surface area contributed by atoms with Crippen LogP contribution in [0.25, 0.3) is 0 Å². The molecule has 2 aliphatic rings. The van der Waals surface area contributed by atoms with Crippen LogP contribution in [0.3, 0.4) is 0 Å². The molecule has 9 heteroatoms. The highest BCUT2D eigenvalue weighted by molar-refractivity contribution is 14.0. The summed E-state index contributed by atoms with van der Waals surface area (Å²) in [4.78, 5) is 22.5. The summed E-state index contributed by atoms with van der Waals surface area (Å²) in [6, 6.07) is 7.01. The van der Waals surface area contributed by atoms with Crippen molar-refractivity contribution in [2.45, 2.75) is 25.7 Å². The Bertz CT molecular complexity index is 726. The Morgan fingerprint density at radius 1 is 1.23 bits per heavy atom. The van der Waals surface area contributed by atoms with E-state index < -0.39 is 0 Å². The Morgan fingerprint density at radius 2 is 1.97 bits per heavy atom. The third-order valence-corrected chi connectivity index (χ3v) is 6.02. The molecule has 2 aliphatic heterocycles. The van der Waals surface area contributed by atoms with Crippen molar-refractivity contribution in [3.05, 3.63) is 30.1 Å². The van der Waals surface area contributed by atoms with E-state index >= 15 is 0 Å². The molecule has 1 aromatic rings. The average molecular weight is 546 g/mol. The van der Waals surface area contributed by atoms with Gasteiger partial charge in [0.25, 0.3) is 0 Å². The van der Waals surface area contributed by atoms with Crippen molar-refractivity contribution >= 4 is 41.5 Å². The average Bonchev–Trinajstić information content (AvgIpc) is 2.74. The lowest BCUT2D eigenvalue weighted by molar-refractivity contribution is -0.119. The van der Waals surface area contributed by atoms with Crippen LogP contribution in [0.1, 0.15) is 25.7 Å². The minimum atomic E-state index is -0.222. The van der Waals surface area contributed by atoms with Crippen LogP contribution in [-0.2, 0) is 4.79 Å². The van der Waals surface area contributed by atoms with Gasteiger partial charge in [-0.25, -0.2) is 4.39 Å². The number of amides is 1. The fourth-order valence-electron chi connectivity index (χ4n) is 4.46. The molecule has 7 nitrogen and oxygen atoms in total. The number of carbonyl (C=O) groups excluding carboxylic acids is 1. The number of nitrogens with two attached hydrogens (primary N) is 1. The number of hydrogen-bond acceptors (Lipinski definition) is 4. The Balaban J connectivity index is 0.00000341. The van der Waals surface area contributed by atoms with Crippen molar-refractivity contribution in [2.75, 3.05) is 64.3 Å². The van der Waals surface area contributed by atoms with Gasteiger partial charge in [0, 0.05) is 59.3 Å². The summed E-state index contributed by atoms with van der Waals surface area (Å²) < 4.78 is 14.0. The first-order valence-corrected chi connectivity index (χ1v) is 11.0. The van der Waals surface area contributed by atoms with Crippen LogP contribution in [0.5, 0.6) is 0 Å². The van der Waals surface area contributed by atoms with E-state index in [1.54, 1.807) is 6.07 Å². The molecule has 2 saturated heterocycles. The summed E-state index contributed by atoms with van der Waals surface area (Å²) in [5.74, 6) is 0.867. The molecule has 1 aromatic carbocycles. The number of hydrogen-bond donors (Lipinski definition) is 2. The number of primary amides is 1. The van der Waals surface area contributed by atoms with Crippen molar-refractivity contribution in [1.29, 1.82) is 0 Å². The van der Waals surface area contributed by atoms with E-state index in [1.165, 1.54) is 6.07 Å². The largest absolute Gasteiger partial charge is 0.370 e. The summed E-state index contributed by atoms with van der Waals surface area (Å²) in [6.45, 7) is 7.27. The summed E-state index contributed by atoms with van der Waals surface area (Å²) in [6.07, 6.45) is 3.59. The highest BCUT2D eigenvalue weighted by Crippen LogP contribution is 2.21. The zero-order chi connectivity index (χ0) is 21.3. The first kappa shape index (κ1) is 25.6. The molecule has 1 atom stereocenters. The molecular weight excluding hydrogens is 510 g/mol. The minimum Gasteiger partial charge on any atom is -0.370 e. The monoisotopic (exact) mass is 546 g/mol. The number of benzene rings is 1. The Morgan fingerprint density at radius 3 is 2.65 bits per heavy atom. The van der Waals surface area contributed by atoms with Gasteiger partial charge in [-0.2, -0.15) is 0 Å². The summed E-state index contributed by atoms with van der Waals surface area (Å²) in [5.41, 5.74) is 6.07. The van der Waals surface area contributed by atoms with Crippen molar-refractivity contribution in [3.8, 4) is 0 Å². The Hall–Kier alpha value is -1.62. The third kappa shape index (κ3) is 7.78. The zero-order valence-electron chi connectivity index (χ0n) is 18.4. The van der Waals surface area contributed by atoms with Gasteiger partial charge < -0.3 is 20.9 Å².